The number of nitrogens with one attached hydrogen (secondary N) is 2. The van der Waals surface area contributed by atoms with Gasteiger partial charge in [-0.1, -0.05) is 59.4 Å². The van der Waals surface area contributed by atoms with E-state index < -0.39 is 0 Å². The van der Waals surface area contributed by atoms with Gasteiger partial charge in [0.05, 0.1) is 5.69 Å². The van der Waals surface area contributed by atoms with Gasteiger partial charge in [0.2, 0.25) is 5.91 Å². The van der Waals surface area contributed by atoms with E-state index in [1.165, 1.54) is 43.4 Å². The molecule has 2 heterocycles. The van der Waals surface area contributed by atoms with Crippen LogP contribution < -0.4 is 4.90 Å². The smallest absolute Gasteiger partial charge is 0.226 e. The number of carbonyl (C=O) groups excluding carboxylic acids is 1. The Labute approximate surface area is 198 Å². The molecule has 4 rings (SSSR count). The number of benzene rings is 1. The van der Waals surface area contributed by atoms with Gasteiger partial charge in [-0.3, -0.25) is 9.89 Å². The fourth-order valence-corrected chi connectivity index (χ4v) is 5.09. The van der Waals surface area contributed by atoms with Gasteiger partial charge in [0, 0.05) is 41.3 Å². The number of hydrogen-bond acceptors (Lipinski definition) is 2. The van der Waals surface area contributed by atoms with Gasteiger partial charge in [-0.15, -0.1) is 0 Å². The molecule has 5 heteroatoms. The topological polar surface area (TPSA) is 64.8 Å². The predicted molar refractivity (Wildman–Crippen MR) is 138 cm³/mol. The zero-order valence-electron chi connectivity index (χ0n) is 21.1. The average Bonchev–Trinajstić information content (AvgIpc) is 3.39. The number of rotatable bonds is 9. The molecule has 1 aliphatic rings. The van der Waals surface area contributed by atoms with Crippen LogP contribution in [0.4, 0.5) is 5.69 Å². The van der Waals surface area contributed by atoms with Crippen LogP contribution in [0.1, 0.15) is 83.9 Å². The van der Waals surface area contributed by atoms with Crippen molar-refractivity contribution >= 4 is 22.5 Å². The Morgan fingerprint density at radius 1 is 1.21 bits per heavy atom. The van der Waals surface area contributed by atoms with Crippen LogP contribution in [0.5, 0.6) is 0 Å². The number of fused-ring (bicyclic) bond motifs is 2. The molecule has 3 aromatic rings. The summed E-state index contributed by atoms with van der Waals surface area (Å²) in [5.74, 6) is 0.792. The van der Waals surface area contributed by atoms with Crippen molar-refractivity contribution in [3.63, 3.8) is 0 Å². The fraction of sp³-hybridized carbons (Fsp3) is 0.571. The molecule has 33 heavy (non-hydrogen) atoms. The quantitative estimate of drug-likeness (QED) is 0.345. The van der Waals surface area contributed by atoms with Gasteiger partial charge >= 0.3 is 0 Å². The highest BCUT2D eigenvalue weighted by molar-refractivity contribution is 5.96. The van der Waals surface area contributed by atoms with E-state index in [0.29, 0.717) is 17.8 Å². The summed E-state index contributed by atoms with van der Waals surface area (Å²) in [4.78, 5) is 18.2. The van der Waals surface area contributed by atoms with E-state index >= 15 is 0 Å². The number of nitrogens with zero attached hydrogens (tertiary/aromatic N) is 2. The molecule has 0 radical (unpaired) electrons. The van der Waals surface area contributed by atoms with Crippen LogP contribution in [-0.4, -0.2) is 28.1 Å². The monoisotopic (exact) mass is 448 g/mol. The normalized spacial score (nSPS) is 16.0. The minimum Gasteiger partial charge on any atom is -0.353 e. The van der Waals surface area contributed by atoms with Crippen LogP contribution >= 0.6 is 0 Å². The van der Waals surface area contributed by atoms with E-state index in [1.807, 2.05) is 13.1 Å². The molecule has 0 bridgehead atoms. The average molecular weight is 449 g/mol. The lowest BCUT2D eigenvalue weighted by Crippen LogP contribution is -2.26. The molecule has 1 unspecified atom stereocenters. The largest absolute Gasteiger partial charge is 0.353 e. The third-order valence-corrected chi connectivity index (χ3v) is 7.43. The van der Waals surface area contributed by atoms with E-state index in [0.717, 1.165) is 47.2 Å². The van der Waals surface area contributed by atoms with Crippen LogP contribution in [0.3, 0.4) is 0 Å². The molecule has 0 aliphatic heterocycles. The Morgan fingerprint density at radius 3 is 2.82 bits per heavy atom. The zero-order chi connectivity index (χ0) is 23.6. The second-order valence-electron chi connectivity index (χ2n) is 10.9. The molecule has 0 saturated heterocycles. The summed E-state index contributed by atoms with van der Waals surface area (Å²) in [6.45, 7) is 9.15. The van der Waals surface area contributed by atoms with Crippen molar-refractivity contribution < 1.29 is 4.79 Å². The minimum absolute atomic E-state index is 0.187. The Balaban J connectivity index is 1.45. The first-order valence-electron chi connectivity index (χ1n) is 12.7. The Hall–Kier alpha value is -2.56. The lowest BCUT2D eigenvalue weighted by atomic mass is 9.76. The molecule has 0 spiro atoms. The fourth-order valence-electron chi connectivity index (χ4n) is 5.09. The second kappa shape index (κ2) is 9.74. The standard InChI is InChI=1S/C28H40N4O/c1-6-7-8-9-19(2)10-13-26(33)32(5)21-12-11-20-16-24(29-23(20)17-21)27-22-14-15-28(3,4)18-25(22)30-31-27/h11-12,16-17,19,29H,6-10,13-15,18H2,1-5H3,(H,30,31). The molecule has 178 valence electrons. The van der Waals surface area contributed by atoms with E-state index in [2.05, 4.69) is 61.1 Å². The number of amides is 1. The number of aromatic amines is 2. The van der Waals surface area contributed by atoms with Gasteiger partial charge in [-0.2, -0.15) is 5.10 Å². The number of H-pyrrole nitrogens is 2. The van der Waals surface area contributed by atoms with Crippen molar-refractivity contribution in [2.75, 3.05) is 11.9 Å². The molecule has 0 saturated carbocycles. The predicted octanol–water partition coefficient (Wildman–Crippen LogP) is 7.03. The maximum atomic E-state index is 12.8. The van der Waals surface area contributed by atoms with Crippen LogP contribution in [0.15, 0.2) is 24.3 Å². The van der Waals surface area contributed by atoms with Crippen molar-refractivity contribution in [2.24, 2.45) is 11.3 Å². The first-order chi connectivity index (χ1) is 15.8. The number of aromatic nitrogens is 3. The van der Waals surface area contributed by atoms with Crippen LogP contribution in [0, 0.1) is 11.3 Å². The van der Waals surface area contributed by atoms with Gasteiger partial charge in [0.25, 0.3) is 0 Å². The molecule has 5 nitrogen and oxygen atoms in total. The van der Waals surface area contributed by atoms with Crippen molar-refractivity contribution in [1.82, 2.24) is 15.2 Å². The Bertz CT molecular complexity index is 1110. The zero-order valence-corrected chi connectivity index (χ0v) is 21.1. The van der Waals surface area contributed by atoms with Crippen LogP contribution in [0.25, 0.3) is 22.3 Å². The summed E-state index contributed by atoms with van der Waals surface area (Å²) < 4.78 is 0. The van der Waals surface area contributed by atoms with E-state index in [4.69, 9.17) is 0 Å². The molecule has 2 aromatic heterocycles. The van der Waals surface area contributed by atoms with Gasteiger partial charge in [-0.05, 0) is 55.2 Å². The first-order valence-corrected chi connectivity index (χ1v) is 12.7. The highest BCUT2D eigenvalue weighted by atomic mass is 16.2. The number of anilines is 1. The third kappa shape index (κ3) is 5.34. The number of carbonyl (C=O) groups is 1. The SMILES string of the molecule is CCCCCC(C)CCC(=O)N(C)c1ccc2cc(-c3n[nH]c4c3CCC(C)(C)C4)[nH]c2c1. The molecule has 1 amide bonds. The molecular formula is C28H40N4O. The van der Waals surface area contributed by atoms with E-state index in [9.17, 15) is 4.79 Å². The summed E-state index contributed by atoms with van der Waals surface area (Å²) in [6, 6.07) is 8.41. The Kier molecular flexibility index (Phi) is 6.96. The number of hydrogen-bond donors (Lipinski definition) is 2. The first kappa shape index (κ1) is 23.6. The summed E-state index contributed by atoms with van der Waals surface area (Å²) in [6.07, 6.45) is 9.87. The molecule has 2 N–H and O–H groups in total. The van der Waals surface area contributed by atoms with Gasteiger partial charge in [0.15, 0.2) is 0 Å². The van der Waals surface area contributed by atoms with Gasteiger partial charge in [-0.25, -0.2) is 0 Å². The lowest BCUT2D eigenvalue weighted by molar-refractivity contribution is -0.118. The third-order valence-electron chi connectivity index (χ3n) is 7.43. The lowest BCUT2D eigenvalue weighted by Gasteiger charge is -2.28. The minimum atomic E-state index is 0.187. The molecular weight excluding hydrogens is 408 g/mol. The van der Waals surface area contributed by atoms with Crippen molar-refractivity contribution in [1.29, 1.82) is 0 Å². The molecule has 1 aliphatic carbocycles. The van der Waals surface area contributed by atoms with Crippen LogP contribution in [0.2, 0.25) is 0 Å². The van der Waals surface area contributed by atoms with Crippen molar-refractivity contribution in [2.45, 2.75) is 85.5 Å². The number of unbranched alkanes of at least 4 members (excludes halogenated alkanes) is 2. The second-order valence-corrected chi connectivity index (χ2v) is 10.9. The van der Waals surface area contributed by atoms with E-state index in [-0.39, 0.29) is 5.91 Å². The summed E-state index contributed by atoms with van der Waals surface area (Å²) in [5, 5.41) is 9.09. The van der Waals surface area contributed by atoms with Crippen molar-refractivity contribution in [3.05, 3.63) is 35.5 Å². The molecule has 1 aromatic carbocycles. The van der Waals surface area contributed by atoms with E-state index in [1.54, 1.807) is 4.90 Å². The van der Waals surface area contributed by atoms with Crippen LogP contribution in [-0.2, 0) is 17.6 Å². The molecule has 0 fully saturated rings. The van der Waals surface area contributed by atoms with Gasteiger partial charge in [0.1, 0.15) is 5.69 Å². The van der Waals surface area contributed by atoms with Gasteiger partial charge < -0.3 is 9.88 Å². The summed E-state index contributed by atoms with van der Waals surface area (Å²) >= 11 is 0. The Morgan fingerprint density at radius 2 is 2.03 bits per heavy atom. The highest BCUT2D eigenvalue weighted by Crippen LogP contribution is 2.38. The highest BCUT2D eigenvalue weighted by Gasteiger charge is 2.29. The summed E-state index contributed by atoms with van der Waals surface area (Å²) in [7, 11) is 1.89. The maximum absolute atomic E-state index is 12.8. The maximum Gasteiger partial charge on any atom is 0.226 e. The van der Waals surface area contributed by atoms with Crippen molar-refractivity contribution in [3.8, 4) is 11.4 Å². The molecule has 1 atom stereocenters. The summed E-state index contributed by atoms with van der Waals surface area (Å²) in [5.41, 5.74) is 7.02.